The van der Waals surface area contributed by atoms with Gasteiger partial charge in [-0.3, -0.25) is 4.79 Å². The van der Waals surface area contributed by atoms with Crippen LogP contribution in [-0.4, -0.2) is 66.0 Å². The molecule has 2 aliphatic carbocycles. The molecule has 11 heteroatoms. The number of hydrogen-bond acceptors (Lipinski definition) is 6. The lowest BCUT2D eigenvalue weighted by Gasteiger charge is -2.35. The number of nitrogens with one attached hydrogen (secondary N) is 1. The summed E-state index contributed by atoms with van der Waals surface area (Å²) in [5, 5.41) is 10.6. The van der Waals surface area contributed by atoms with Crippen molar-refractivity contribution in [3.05, 3.63) is 12.1 Å². The summed E-state index contributed by atoms with van der Waals surface area (Å²) in [6.07, 6.45) is -1.57. The van der Waals surface area contributed by atoms with Gasteiger partial charge in [0, 0.05) is 38.8 Å². The number of hydrogen-bond donors (Lipinski definition) is 1. The summed E-state index contributed by atoms with van der Waals surface area (Å²) in [4.78, 5) is 27.4. The molecule has 2 unspecified atom stereocenters. The van der Waals surface area contributed by atoms with Crippen LogP contribution in [0.2, 0.25) is 0 Å². The molecule has 8 nitrogen and oxygen atoms in total. The first-order chi connectivity index (χ1) is 14.3. The largest absolute Gasteiger partial charge is 0.413 e. The van der Waals surface area contributed by atoms with Gasteiger partial charge in [-0.25, -0.2) is 4.79 Å². The van der Waals surface area contributed by atoms with E-state index in [2.05, 4.69) is 15.5 Å². The molecule has 1 saturated heterocycles. The highest BCUT2D eigenvalue weighted by atomic mass is 19.4. The van der Waals surface area contributed by atoms with Crippen molar-refractivity contribution < 1.29 is 27.5 Å². The average Bonchev–Trinajstić information content (AvgIpc) is 3.61. The third-order valence-electron chi connectivity index (χ3n) is 5.79. The minimum absolute atomic E-state index is 0.0865. The van der Waals surface area contributed by atoms with Crippen molar-refractivity contribution in [2.24, 2.45) is 17.8 Å². The van der Waals surface area contributed by atoms with Gasteiger partial charge in [0.2, 0.25) is 11.8 Å². The highest BCUT2D eigenvalue weighted by molar-refractivity contribution is 5.82. The molecule has 2 amide bonds. The topological polar surface area (TPSA) is 87.7 Å². The van der Waals surface area contributed by atoms with E-state index in [0.29, 0.717) is 38.5 Å². The number of halogens is 3. The van der Waals surface area contributed by atoms with Crippen molar-refractivity contribution in [2.45, 2.75) is 31.9 Å². The number of piperazine rings is 1. The molecule has 2 heterocycles. The lowest BCUT2D eigenvalue weighted by atomic mass is 10.2. The van der Waals surface area contributed by atoms with Crippen LogP contribution >= 0.6 is 0 Å². The molecule has 3 fully saturated rings. The van der Waals surface area contributed by atoms with Crippen LogP contribution in [0.15, 0.2) is 12.1 Å². The summed E-state index contributed by atoms with van der Waals surface area (Å²) in [5.74, 6) is -1.47. The number of alkyl halides is 3. The molecule has 1 aliphatic heterocycles. The standard InChI is InChI=1S/C19H24F3N5O3/c20-19(21,22)14-11-13(14)17(28)27-9-7-26(8-10-27)15-3-4-16(25-24-15)30-18(29)23-6-5-12-1-2-12/h3-4,12-14H,1-2,5-11H2,(H,23,29). The number of carbonyl (C=O) groups excluding carboxylic acids is 2. The van der Waals surface area contributed by atoms with Gasteiger partial charge in [-0.05, 0) is 24.8 Å². The maximum Gasteiger partial charge on any atom is 0.413 e. The average molecular weight is 427 g/mol. The summed E-state index contributed by atoms with van der Waals surface area (Å²) in [7, 11) is 0. The molecular formula is C19H24F3N5O3. The Kier molecular flexibility index (Phi) is 5.70. The van der Waals surface area contributed by atoms with Crippen LogP contribution < -0.4 is 15.0 Å². The third-order valence-corrected chi connectivity index (χ3v) is 5.79. The number of ether oxygens (including phenoxy) is 1. The lowest BCUT2D eigenvalue weighted by Crippen LogP contribution is -2.49. The maximum absolute atomic E-state index is 12.7. The molecule has 1 aromatic rings. The second-order valence-electron chi connectivity index (χ2n) is 8.08. The lowest BCUT2D eigenvalue weighted by molar-refractivity contribution is -0.157. The molecule has 2 atom stereocenters. The Labute approximate surface area is 171 Å². The first-order valence-electron chi connectivity index (χ1n) is 10.2. The monoisotopic (exact) mass is 427 g/mol. The zero-order chi connectivity index (χ0) is 21.3. The maximum atomic E-state index is 12.7. The van der Waals surface area contributed by atoms with E-state index in [1.54, 1.807) is 12.1 Å². The first kappa shape index (κ1) is 20.7. The van der Waals surface area contributed by atoms with Crippen LogP contribution in [0, 0.1) is 17.8 Å². The van der Waals surface area contributed by atoms with Crippen molar-refractivity contribution in [1.29, 1.82) is 0 Å². The predicted octanol–water partition coefficient (Wildman–Crippen LogP) is 2.21. The number of nitrogens with zero attached hydrogens (tertiary/aromatic N) is 4. The van der Waals surface area contributed by atoms with Crippen molar-refractivity contribution in [3.8, 4) is 5.88 Å². The quantitative estimate of drug-likeness (QED) is 0.749. The van der Waals surface area contributed by atoms with E-state index in [1.165, 1.54) is 17.7 Å². The summed E-state index contributed by atoms with van der Waals surface area (Å²) < 4.78 is 43.1. The van der Waals surface area contributed by atoms with Gasteiger partial charge < -0.3 is 19.9 Å². The third kappa shape index (κ3) is 5.11. The molecule has 1 N–H and O–H groups in total. The van der Waals surface area contributed by atoms with Gasteiger partial charge in [-0.1, -0.05) is 12.8 Å². The molecule has 30 heavy (non-hydrogen) atoms. The van der Waals surface area contributed by atoms with Gasteiger partial charge in [0.15, 0.2) is 5.82 Å². The molecule has 4 rings (SSSR count). The Balaban J connectivity index is 1.21. The molecule has 0 aromatic carbocycles. The zero-order valence-corrected chi connectivity index (χ0v) is 16.4. The van der Waals surface area contributed by atoms with Gasteiger partial charge in [0.25, 0.3) is 0 Å². The minimum atomic E-state index is -4.30. The molecule has 1 aromatic heterocycles. The van der Waals surface area contributed by atoms with Gasteiger partial charge in [-0.15, -0.1) is 10.2 Å². The van der Waals surface area contributed by atoms with Gasteiger partial charge in [0.05, 0.1) is 11.8 Å². The van der Waals surface area contributed by atoms with E-state index in [9.17, 15) is 22.8 Å². The molecule has 2 saturated carbocycles. The summed E-state index contributed by atoms with van der Waals surface area (Å²) in [5.41, 5.74) is 0. The van der Waals surface area contributed by atoms with Crippen molar-refractivity contribution in [2.75, 3.05) is 37.6 Å². The fourth-order valence-electron chi connectivity index (χ4n) is 3.67. The normalized spacial score (nSPS) is 23.8. The number of rotatable bonds is 6. The fourth-order valence-corrected chi connectivity index (χ4v) is 3.67. The molecular weight excluding hydrogens is 403 g/mol. The SMILES string of the molecule is O=C(NCCC1CC1)Oc1ccc(N2CCN(C(=O)C3CC3C(F)(F)F)CC2)nn1. The van der Waals surface area contributed by atoms with E-state index in [0.717, 1.165) is 12.3 Å². The van der Waals surface area contributed by atoms with E-state index in [-0.39, 0.29) is 12.3 Å². The Morgan fingerprint density at radius 2 is 1.87 bits per heavy atom. The fraction of sp³-hybridized carbons (Fsp3) is 0.684. The van der Waals surface area contributed by atoms with Crippen LogP contribution in [0.4, 0.5) is 23.8 Å². The highest BCUT2D eigenvalue weighted by Crippen LogP contribution is 2.50. The molecule has 164 valence electrons. The van der Waals surface area contributed by atoms with Crippen LogP contribution in [0.5, 0.6) is 5.88 Å². The van der Waals surface area contributed by atoms with E-state index in [1.807, 2.05) is 4.90 Å². The second-order valence-corrected chi connectivity index (χ2v) is 8.08. The van der Waals surface area contributed by atoms with Crippen LogP contribution in [0.3, 0.4) is 0 Å². The summed E-state index contributed by atoms with van der Waals surface area (Å²) >= 11 is 0. The van der Waals surface area contributed by atoms with E-state index >= 15 is 0 Å². The Bertz CT molecular complexity index is 777. The number of carbonyl (C=O) groups is 2. The van der Waals surface area contributed by atoms with E-state index in [4.69, 9.17) is 4.74 Å². The minimum Gasteiger partial charge on any atom is -0.390 e. The van der Waals surface area contributed by atoms with E-state index < -0.39 is 30.0 Å². The smallest absolute Gasteiger partial charge is 0.390 e. The Hall–Kier alpha value is -2.59. The van der Waals surface area contributed by atoms with Crippen LogP contribution in [0.25, 0.3) is 0 Å². The van der Waals surface area contributed by atoms with Crippen LogP contribution in [0.1, 0.15) is 25.7 Å². The zero-order valence-electron chi connectivity index (χ0n) is 16.4. The molecule has 0 radical (unpaired) electrons. The van der Waals surface area contributed by atoms with Crippen LogP contribution in [-0.2, 0) is 4.79 Å². The van der Waals surface area contributed by atoms with Crippen molar-refractivity contribution in [1.82, 2.24) is 20.4 Å². The van der Waals surface area contributed by atoms with Gasteiger partial charge in [0.1, 0.15) is 0 Å². The highest BCUT2D eigenvalue weighted by Gasteiger charge is 2.59. The summed E-state index contributed by atoms with van der Waals surface area (Å²) in [6, 6.07) is 3.20. The Morgan fingerprint density at radius 3 is 2.43 bits per heavy atom. The van der Waals surface area contributed by atoms with Crippen molar-refractivity contribution in [3.63, 3.8) is 0 Å². The molecule has 0 spiro atoms. The van der Waals surface area contributed by atoms with Crippen molar-refractivity contribution >= 4 is 17.8 Å². The van der Waals surface area contributed by atoms with Gasteiger partial charge >= 0.3 is 12.3 Å². The van der Waals surface area contributed by atoms with Gasteiger partial charge in [-0.2, -0.15) is 13.2 Å². The second kappa shape index (κ2) is 8.27. The molecule has 0 bridgehead atoms. The Morgan fingerprint density at radius 1 is 1.13 bits per heavy atom. The number of amides is 2. The number of aromatic nitrogens is 2. The predicted molar refractivity (Wildman–Crippen MR) is 99.8 cm³/mol. The summed E-state index contributed by atoms with van der Waals surface area (Å²) in [6.45, 7) is 2.15. The molecule has 3 aliphatic rings. The number of anilines is 1. The first-order valence-corrected chi connectivity index (χ1v) is 10.2.